The van der Waals surface area contributed by atoms with E-state index in [9.17, 15) is 4.79 Å². The third kappa shape index (κ3) is 5.17. The predicted octanol–water partition coefficient (Wildman–Crippen LogP) is 2.21. The van der Waals surface area contributed by atoms with E-state index in [1.807, 2.05) is 20.8 Å². The third-order valence-corrected chi connectivity index (χ3v) is 2.41. The van der Waals surface area contributed by atoms with Gasteiger partial charge in [-0.15, -0.1) is 0 Å². The largest absolute Gasteiger partial charge is 0.384 e. The molecular formula is C12H25NO2. The lowest BCUT2D eigenvalue weighted by molar-refractivity contribution is -0.131. The Bertz CT molecular complexity index is 210. The van der Waals surface area contributed by atoms with E-state index >= 15 is 0 Å². The molecule has 0 spiro atoms. The minimum Gasteiger partial charge on any atom is -0.384 e. The van der Waals surface area contributed by atoms with Crippen molar-refractivity contribution in [2.75, 3.05) is 20.3 Å². The van der Waals surface area contributed by atoms with Crippen LogP contribution in [-0.4, -0.2) is 26.2 Å². The molecule has 0 atom stereocenters. The normalized spacial score (nSPS) is 12.7. The molecule has 0 rings (SSSR count). The van der Waals surface area contributed by atoms with Gasteiger partial charge >= 0.3 is 0 Å². The molecule has 0 aromatic heterocycles. The van der Waals surface area contributed by atoms with Crippen molar-refractivity contribution in [2.24, 2.45) is 10.8 Å². The van der Waals surface area contributed by atoms with E-state index in [0.29, 0.717) is 13.2 Å². The highest BCUT2D eigenvalue weighted by molar-refractivity contribution is 5.81. The van der Waals surface area contributed by atoms with E-state index in [4.69, 9.17) is 4.74 Å². The van der Waals surface area contributed by atoms with Crippen molar-refractivity contribution in [2.45, 2.75) is 41.0 Å². The molecule has 0 fully saturated rings. The maximum atomic E-state index is 11.8. The van der Waals surface area contributed by atoms with Crippen LogP contribution in [0.25, 0.3) is 0 Å². The molecule has 3 nitrogen and oxygen atoms in total. The first kappa shape index (κ1) is 14.4. The maximum absolute atomic E-state index is 11.8. The topological polar surface area (TPSA) is 38.3 Å². The summed E-state index contributed by atoms with van der Waals surface area (Å²) in [6, 6.07) is 0. The smallest absolute Gasteiger partial charge is 0.225 e. The molecule has 0 saturated carbocycles. The molecule has 0 radical (unpaired) electrons. The Morgan fingerprint density at radius 3 is 2.20 bits per heavy atom. The van der Waals surface area contributed by atoms with Gasteiger partial charge in [0.15, 0.2) is 0 Å². The second-order valence-electron chi connectivity index (χ2n) is 5.52. The van der Waals surface area contributed by atoms with Crippen molar-refractivity contribution in [1.29, 1.82) is 0 Å². The van der Waals surface area contributed by atoms with E-state index in [1.165, 1.54) is 0 Å². The Labute approximate surface area is 93.6 Å². The van der Waals surface area contributed by atoms with Crippen molar-refractivity contribution in [1.82, 2.24) is 5.32 Å². The van der Waals surface area contributed by atoms with Crippen molar-refractivity contribution < 1.29 is 9.53 Å². The van der Waals surface area contributed by atoms with Gasteiger partial charge in [-0.1, -0.05) is 27.7 Å². The highest BCUT2D eigenvalue weighted by Crippen LogP contribution is 2.33. The van der Waals surface area contributed by atoms with Crippen LogP contribution in [-0.2, 0) is 9.53 Å². The number of rotatable bonds is 6. The van der Waals surface area contributed by atoms with Crippen LogP contribution >= 0.6 is 0 Å². The summed E-state index contributed by atoms with van der Waals surface area (Å²) in [7, 11) is 1.70. The van der Waals surface area contributed by atoms with Crippen LogP contribution in [0.1, 0.15) is 41.0 Å². The standard InChI is InChI=1S/C12H25NO2/c1-7-13-10(14)12(4,5)8-11(2,3)9-15-6/h7-9H2,1-6H3,(H,13,14). The molecule has 0 aliphatic rings. The molecule has 0 aromatic rings. The van der Waals surface area contributed by atoms with Gasteiger partial charge in [-0.05, 0) is 18.8 Å². The van der Waals surface area contributed by atoms with E-state index in [1.54, 1.807) is 7.11 Å². The fraction of sp³-hybridized carbons (Fsp3) is 0.917. The number of amides is 1. The minimum atomic E-state index is -0.335. The Morgan fingerprint density at radius 1 is 1.27 bits per heavy atom. The predicted molar refractivity (Wildman–Crippen MR) is 62.7 cm³/mol. The summed E-state index contributed by atoms with van der Waals surface area (Å²) < 4.78 is 5.16. The SMILES string of the molecule is CCNC(=O)C(C)(C)CC(C)(C)COC. The molecule has 1 amide bonds. The second-order valence-corrected chi connectivity index (χ2v) is 5.52. The molecule has 0 bridgehead atoms. The molecular weight excluding hydrogens is 190 g/mol. The van der Waals surface area contributed by atoms with Crippen LogP contribution in [0, 0.1) is 10.8 Å². The number of methoxy groups -OCH3 is 1. The van der Waals surface area contributed by atoms with Gasteiger partial charge in [0.1, 0.15) is 0 Å². The average Bonchev–Trinajstić information content (AvgIpc) is 2.01. The van der Waals surface area contributed by atoms with Crippen molar-refractivity contribution in [3.05, 3.63) is 0 Å². The Balaban J connectivity index is 4.41. The van der Waals surface area contributed by atoms with E-state index in [-0.39, 0.29) is 16.7 Å². The van der Waals surface area contributed by atoms with Crippen molar-refractivity contribution >= 4 is 5.91 Å². The van der Waals surface area contributed by atoms with Gasteiger partial charge in [0, 0.05) is 19.1 Å². The summed E-state index contributed by atoms with van der Waals surface area (Å²) >= 11 is 0. The average molecular weight is 215 g/mol. The van der Waals surface area contributed by atoms with Gasteiger partial charge in [-0.3, -0.25) is 4.79 Å². The number of hydrogen-bond acceptors (Lipinski definition) is 2. The van der Waals surface area contributed by atoms with Gasteiger partial charge in [0.2, 0.25) is 5.91 Å². The van der Waals surface area contributed by atoms with Gasteiger partial charge in [-0.2, -0.15) is 0 Å². The first-order valence-corrected chi connectivity index (χ1v) is 5.52. The molecule has 0 aliphatic heterocycles. The van der Waals surface area contributed by atoms with E-state index in [2.05, 4.69) is 19.2 Å². The van der Waals surface area contributed by atoms with Crippen LogP contribution in [0.15, 0.2) is 0 Å². The Kier molecular flexibility index (Phi) is 5.29. The summed E-state index contributed by atoms with van der Waals surface area (Å²) in [4.78, 5) is 11.8. The molecule has 0 aromatic carbocycles. The molecule has 0 unspecified atom stereocenters. The zero-order valence-corrected chi connectivity index (χ0v) is 10.9. The quantitative estimate of drug-likeness (QED) is 0.737. The summed E-state index contributed by atoms with van der Waals surface area (Å²) in [5.74, 6) is 0.120. The molecule has 3 heteroatoms. The maximum Gasteiger partial charge on any atom is 0.225 e. The highest BCUT2D eigenvalue weighted by Gasteiger charge is 2.34. The second kappa shape index (κ2) is 5.50. The third-order valence-electron chi connectivity index (χ3n) is 2.41. The summed E-state index contributed by atoms with van der Waals surface area (Å²) in [6.45, 7) is 11.5. The molecule has 15 heavy (non-hydrogen) atoms. The Hall–Kier alpha value is -0.570. The lowest BCUT2D eigenvalue weighted by atomic mass is 9.75. The van der Waals surface area contributed by atoms with Crippen LogP contribution in [0.2, 0.25) is 0 Å². The zero-order valence-electron chi connectivity index (χ0n) is 10.9. The summed E-state index contributed by atoms with van der Waals surface area (Å²) in [5, 5.41) is 2.87. The fourth-order valence-corrected chi connectivity index (χ4v) is 2.12. The van der Waals surface area contributed by atoms with Gasteiger partial charge in [0.25, 0.3) is 0 Å². The van der Waals surface area contributed by atoms with Gasteiger partial charge in [-0.25, -0.2) is 0 Å². The zero-order chi connectivity index (χ0) is 12.1. The van der Waals surface area contributed by atoms with E-state index < -0.39 is 0 Å². The number of carbonyl (C=O) groups excluding carboxylic acids is 1. The molecule has 0 aliphatic carbocycles. The lowest BCUT2D eigenvalue weighted by Gasteiger charge is -2.33. The molecule has 0 heterocycles. The number of nitrogens with one attached hydrogen (secondary N) is 1. The monoisotopic (exact) mass is 215 g/mol. The molecule has 1 N–H and O–H groups in total. The number of hydrogen-bond donors (Lipinski definition) is 1. The van der Waals surface area contributed by atoms with Crippen LogP contribution in [0.4, 0.5) is 0 Å². The van der Waals surface area contributed by atoms with Crippen LogP contribution in [0.5, 0.6) is 0 Å². The molecule has 90 valence electrons. The first-order chi connectivity index (χ1) is 6.75. The van der Waals surface area contributed by atoms with Gasteiger partial charge < -0.3 is 10.1 Å². The number of ether oxygens (including phenoxy) is 1. The molecule has 0 saturated heterocycles. The van der Waals surface area contributed by atoms with Crippen LogP contribution in [0.3, 0.4) is 0 Å². The first-order valence-electron chi connectivity index (χ1n) is 5.52. The minimum absolute atomic E-state index is 0.0311. The summed E-state index contributed by atoms with van der Waals surface area (Å²) in [6.07, 6.45) is 0.819. The van der Waals surface area contributed by atoms with E-state index in [0.717, 1.165) is 6.42 Å². The number of carbonyl (C=O) groups is 1. The van der Waals surface area contributed by atoms with Crippen molar-refractivity contribution in [3.8, 4) is 0 Å². The highest BCUT2D eigenvalue weighted by atomic mass is 16.5. The van der Waals surface area contributed by atoms with Gasteiger partial charge in [0.05, 0.1) is 6.61 Å². The fourth-order valence-electron chi connectivity index (χ4n) is 2.12. The van der Waals surface area contributed by atoms with Crippen molar-refractivity contribution in [3.63, 3.8) is 0 Å². The van der Waals surface area contributed by atoms with Crippen LogP contribution < -0.4 is 5.32 Å². The lowest BCUT2D eigenvalue weighted by Crippen LogP contribution is -2.40. The summed E-state index contributed by atoms with van der Waals surface area (Å²) in [5.41, 5.74) is -0.304. The Morgan fingerprint density at radius 2 is 1.80 bits per heavy atom.